The smallest absolute Gasteiger partial charge is 0.166 e. The monoisotopic (exact) mass is 225 g/mol. The van der Waals surface area contributed by atoms with E-state index in [4.69, 9.17) is 9.84 Å². The normalized spacial score (nSPS) is 29.6. The van der Waals surface area contributed by atoms with E-state index in [0.717, 1.165) is 11.8 Å². The van der Waals surface area contributed by atoms with Crippen molar-refractivity contribution in [2.45, 2.75) is 31.8 Å². The van der Waals surface area contributed by atoms with Crippen molar-refractivity contribution in [1.82, 2.24) is 4.57 Å². The van der Waals surface area contributed by atoms with Crippen LogP contribution in [0.3, 0.4) is 0 Å². The number of aliphatic hydroxyl groups excluding tert-OH is 2. The molecule has 88 valence electrons. The first kappa shape index (κ1) is 11.3. The number of carbonyl (C=O) groups is 1. The lowest BCUT2D eigenvalue weighted by Gasteiger charge is -2.17. The maximum Gasteiger partial charge on any atom is 0.166 e. The number of carbonyl (C=O) groups excluding carboxylic acids is 1. The van der Waals surface area contributed by atoms with Crippen LogP contribution >= 0.6 is 0 Å². The Morgan fingerprint density at radius 2 is 2.44 bits per heavy atom. The molecule has 5 heteroatoms. The minimum absolute atomic E-state index is 0.121. The lowest BCUT2D eigenvalue weighted by Crippen LogP contribution is -2.20. The molecule has 1 aromatic heterocycles. The molecule has 1 aromatic rings. The molecule has 0 bridgehead atoms. The molecular formula is C11H15NO4. The molecule has 0 radical (unpaired) electrons. The predicted molar refractivity (Wildman–Crippen MR) is 56.2 cm³/mol. The largest absolute Gasteiger partial charge is 0.394 e. The Labute approximate surface area is 93.3 Å². The topological polar surface area (TPSA) is 71.7 Å². The van der Waals surface area contributed by atoms with Gasteiger partial charge in [0.1, 0.15) is 6.10 Å². The number of aliphatic hydroxyl groups is 2. The van der Waals surface area contributed by atoms with Crippen molar-refractivity contribution in [3.8, 4) is 0 Å². The van der Waals surface area contributed by atoms with Gasteiger partial charge in [0.05, 0.1) is 18.4 Å². The van der Waals surface area contributed by atoms with E-state index in [9.17, 15) is 9.90 Å². The van der Waals surface area contributed by atoms with Crippen molar-refractivity contribution in [3.63, 3.8) is 0 Å². The van der Waals surface area contributed by atoms with Crippen molar-refractivity contribution in [3.05, 3.63) is 23.5 Å². The minimum Gasteiger partial charge on any atom is -0.394 e. The van der Waals surface area contributed by atoms with Gasteiger partial charge >= 0.3 is 0 Å². The molecule has 16 heavy (non-hydrogen) atoms. The van der Waals surface area contributed by atoms with Crippen LogP contribution in [0.4, 0.5) is 0 Å². The number of aldehydes is 1. The lowest BCUT2D eigenvalue weighted by molar-refractivity contribution is -0.0509. The standard InChI is InChI=1S/C11H15NO4/c1-7-2-8(5-13)12(4-7)11-10(15)3-9(6-14)16-11/h2,4-5,9-11,14-15H,3,6H2,1H3/t9-,10?,11+/m0/s1. The number of aryl methyl sites for hydroxylation is 1. The lowest BCUT2D eigenvalue weighted by atomic mass is 10.2. The Kier molecular flexibility index (Phi) is 3.09. The fourth-order valence-electron chi connectivity index (χ4n) is 2.05. The van der Waals surface area contributed by atoms with E-state index in [1.165, 1.54) is 0 Å². The molecule has 0 amide bonds. The second-order valence-electron chi connectivity index (χ2n) is 4.10. The van der Waals surface area contributed by atoms with E-state index in [1.807, 2.05) is 6.92 Å². The van der Waals surface area contributed by atoms with Crippen LogP contribution in [0, 0.1) is 6.92 Å². The molecule has 2 N–H and O–H groups in total. The highest BCUT2D eigenvalue weighted by molar-refractivity contribution is 5.73. The van der Waals surface area contributed by atoms with Crippen LogP contribution in [0.15, 0.2) is 12.3 Å². The van der Waals surface area contributed by atoms with Crippen LogP contribution in [0.5, 0.6) is 0 Å². The fourth-order valence-corrected chi connectivity index (χ4v) is 2.05. The quantitative estimate of drug-likeness (QED) is 0.723. The summed E-state index contributed by atoms with van der Waals surface area (Å²) < 4.78 is 7.08. The number of nitrogens with zero attached hydrogens (tertiary/aromatic N) is 1. The second kappa shape index (κ2) is 4.37. The molecule has 5 nitrogen and oxygen atoms in total. The van der Waals surface area contributed by atoms with Gasteiger partial charge in [0, 0.05) is 12.6 Å². The van der Waals surface area contributed by atoms with E-state index in [2.05, 4.69) is 0 Å². The van der Waals surface area contributed by atoms with E-state index in [-0.39, 0.29) is 12.7 Å². The SMILES string of the molecule is Cc1cc(C=O)n([C@@H]2O[C@H](CO)CC2O)c1. The molecule has 1 saturated heterocycles. The predicted octanol–water partition coefficient (Wildman–Crippen LogP) is 0.250. The summed E-state index contributed by atoms with van der Waals surface area (Å²) >= 11 is 0. The average molecular weight is 225 g/mol. The number of hydrogen-bond acceptors (Lipinski definition) is 4. The van der Waals surface area contributed by atoms with Gasteiger partial charge in [-0.1, -0.05) is 0 Å². The van der Waals surface area contributed by atoms with Crippen LogP contribution in [0.2, 0.25) is 0 Å². The third-order valence-corrected chi connectivity index (χ3v) is 2.78. The Hall–Kier alpha value is -1.17. The van der Waals surface area contributed by atoms with Crippen LogP contribution in [-0.2, 0) is 4.74 Å². The minimum atomic E-state index is -0.692. The van der Waals surface area contributed by atoms with Gasteiger partial charge in [0.25, 0.3) is 0 Å². The third kappa shape index (κ3) is 1.89. The Morgan fingerprint density at radius 3 is 3.00 bits per heavy atom. The summed E-state index contributed by atoms with van der Waals surface area (Å²) in [5.74, 6) is 0. The maximum atomic E-state index is 10.8. The molecule has 1 aliphatic heterocycles. The zero-order valence-corrected chi connectivity index (χ0v) is 9.04. The zero-order valence-electron chi connectivity index (χ0n) is 9.04. The molecule has 1 fully saturated rings. The molecule has 0 aliphatic carbocycles. The molecule has 0 saturated carbocycles. The fraction of sp³-hybridized carbons (Fsp3) is 0.545. The molecule has 2 rings (SSSR count). The first-order valence-corrected chi connectivity index (χ1v) is 5.23. The van der Waals surface area contributed by atoms with E-state index < -0.39 is 12.3 Å². The molecule has 1 aliphatic rings. The molecular weight excluding hydrogens is 210 g/mol. The summed E-state index contributed by atoms with van der Waals surface area (Å²) in [4.78, 5) is 10.8. The van der Waals surface area contributed by atoms with Crippen LogP contribution in [0.25, 0.3) is 0 Å². The summed E-state index contributed by atoms with van der Waals surface area (Å²) in [7, 11) is 0. The first-order chi connectivity index (χ1) is 7.65. The number of ether oxygens (including phenoxy) is 1. The van der Waals surface area contributed by atoms with Crippen LogP contribution in [-0.4, -0.2) is 39.9 Å². The van der Waals surface area contributed by atoms with Crippen molar-refractivity contribution >= 4 is 6.29 Å². The number of aromatic nitrogens is 1. The van der Waals surface area contributed by atoms with Crippen LogP contribution in [0.1, 0.15) is 28.7 Å². The van der Waals surface area contributed by atoms with Gasteiger partial charge in [-0.05, 0) is 18.6 Å². The zero-order chi connectivity index (χ0) is 11.7. The number of rotatable bonds is 3. The second-order valence-corrected chi connectivity index (χ2v) is 4.10. The molecule has 0 aromatic carbocycles. The first-order valence-electron chi connectivity index (χ1n) is 5.23. The summed E-state index contributed by atoms with van der Waals surface area (Å²) in [6.45, 7) is 1.75. The van der Waals surface area contributed by atoms with Gasteiger partial charge < -0.3 is 19.5 Å². The van der Waals surface area contributed by atoms with Crippen molar-refractivity contribution < 1.29 is 19.7 Å². The van der Waals surface area contributed by atoms with E-state index in [1.54, 1.807) is 16.8 Å². The van der Waals surface area contributed by atoms with Gasteiger partial charge in [-0.3, -0.25) is 4.79 Å². The van der Waals surface area contributed by atoms with Crippen molar-refractivity contribution in [2.75, 3.05) is 6.61 Å². The summed E-state index contributed by atoms with van der Waals surface area (Å²) in [5.41, 5.74) is 1.41. The van der Waals surface area contributed by atoms with Gasteiger partial charge in [-0.15, -0.1) is 0 Å². The number of hydrogen-bond donors (Lipinski definition) is 2. The van der Waals surface area contributed by atoms with Gasteiger partial charge in [-0.25, -0.2) is 0 Å². The third-order valence-electron chi connectivity index (χ3n) is 2.78. The van der Waals surface area contributed by atoms with E-state index >= 15 is 0 Å². The van der Waals surface area contributed by atoms with Crippen LogP contribution < -0.4 is 0 Å². The van der Waals surface area contributed by atoms with Crippen molar-refractivity contribution in [2.24, 2.45) is 0 Å². The molecule has 3 atom stereocenters. The Bertz CT molecular complexity index is 387. The summed E-state index contributed by atoms with van der Waals surface area (Å²) in [6, 6.07) is 1.73. The Balaban J connectivity index is 2.26. The summed E-state index contributed by atoms with van der Waals surface area (Å²) in [6.07, 6.45) is 1.25. The summed E-state index contributed by atoms with van der Waals surface area (Å²) in [5, 5.41) is 18.8. The Morgan fingerprint density at radius 1 is 1.69 bits per heavy atom. The highest BCUT2D eigenvalue weighted by atomic mass is 16.5. The average Bonchev–Trinajstić information content (AvgIpc) is 2.81. The molecule has 2 heterocycles. The van der Waals surface area contributed by atoms with Gasteiger partial charge in [-0.2, -0.15) is 0 Å². The molecule has 0 spiro atoms. The van der Waals surface area contributed by atoms with Crippen molar-refractivity contribution in [1.29, 1.82) is 0 Å². The van der Waals surface area contributed by atoms with Gasteiger partial charge in [0.2, 0.25) is 0 Å². The van der Waals surface area contributed by atoms with Gasteiger partial charge in [0.15, 0.2) is 12.5 Å². The maximum absolute atomic E-state index is 10.8. The van der Waals surface area contributed by atoms with E-state index in [0.29, 0.717) is 12.1 Å². The highest BCUT2D eigenvalue weighted by Crippen LogP contribution is 2.30. The molecule has 1 unspecified atom stereocenters. The highest BCUT2D eigenvalue weighted by Gasteiger charge is 2.35.